The SMILES string of the molecule is O=C(NCCCC(=O)N(Cc1ccc(C(=O)NC2CC2)cc1)C1CC1)c1ccc(F)cc1. The minimum Gasteiger partial charge on any atom is -0.352 e. The van der Waals surface area contributed by atoms with E-state index in [4.69, 9.17) is 0 Å². The fourth-order valence-corrected chi connectivity index (χ4v) is 3.55. The maximum absolute atomic E-state index is 13.0. The van der Waals surface area contributed by atoms with Crippen LogP contribution in [0.15, 0.2) is 48.5 Å². The number of nitrogens with one attached hydrogen (secondary N) is 2. The van der Waals surface area contributed by atoms with Gasteiger partial charge in [0.05, 0.1) is 0 Å². The lowest BCUT2D eigenvalue weighted by Gasteiger charge is -2.23. The van der Waals surface area contributed by atoms with Gasteiger partial charge in [0.2, 0.25) is 5.91 Å². The summed E-state index contributed by atoms with van der Waals surface area (Å²) in [4.78, 5) is 38.9. The average molecular weight is 438 g/mol. The lowest BCUT2D eigenvalue weighted by molar-refractivity contribution is -0.132. The normalized spacial score (nSPS) is 15.2. The molecule has 2 N–H and O–H groups in total. The zero-order valence-electron chi connectivity index (χ0n) is 18.0. The first-order valence-corrected chi connectivity index (χ1v) is 11.2. The molecule has 2 aromatic carbocycles. The fraction of sp³-hybridized carbons (Fsp3) is 0.400. The van der Waals surface area contributed by atoms with Gasteiger partial charge in [-0.15, -0.1) is 0 Å². The van der Waals surface area contributed by atoms with E-state index < -0.39 is 0 Å². The van der Waals surface area contributed by atoms with Gasteiger partial charge in [0.15, 0.2) is 0 Å². The quantitative estimate of drug-likeness (QED) is 0.559. The Balaban J connectivity index is 1.23. The lowest BCUT2D eigenvalue weighted by atomic mass is 10.1. The van der Waals surface area contributed by atoms with Crippen molar-refractivity contribution in [3.63, 3.8) is 0 Å². The number of halogens is 1. The summed E-state index contributed by atoms with van der Waals surface area (Å²) < 4.78 is 13.0. The van der Waals surface area contributed by atoms with E-state index in [0.29, 0.717) is 43.1 Å². The minimum absolute atomic E-state index is 0.0446. The molecule has 2 aliphatic rings. The standard InChI is InChI=1S/C25H28FN3O3/c26-20-9-7-18(8-10-20)24(31)27-15-1-2-23(30)29(22-13-14-22)16-17-3-5-19(6-4-17)25(32)28-21-11-12-21/h3-10,21-22H,1-2,11-16H2,(H,27,31)(H,28,32). The summed E-state index contributed by atoms with van der Waals surface area (Å²) in [6, 6.07) is 13.4. The van der Waals surface area contributed by atoms with Gasteiger partial charge in [0.25, 0.3) is 11.8 Å². The third-order valence-corrected chi connectivity index (χ3v) is 5.75. The van der Waals surface area contributed by atoms with Gasteiger partial charge in [0, 0.05) is 42.7 Å². The molecule has 0 saturated heterocycles. The number of carbonyl (C=O) groups excluding carboxylic acids is 3. The summed E-state index contributed by atoms with van der Waals surface area (Å²) in [5.74, 6) is -0.637. The second-order valence-electron chi connectivity index (χ2n) is 8.56. The molecule has 0 heterocycles. The number of hydrogen-bond acceptors (Lipinski definition) is 3. The number of carbonyl (C=O) groups is 3. The van der Waals surface area contributed by atoms with Crippen molar-refractivity contribution in [2.75, 3.05) is 6.54 Å². The van der Waals surface area contributed by atoms with E-state index in [-0.39, 0.29) is 29.6 Å². The maximum Gasteiger partial charge on any atom is 0.251 e. The lowest BCUT2D eigenvalue weighted by Crippen LogP contribution is -2.33. The van der Waals surface area contributed by atoms with Crippen LogP contribution in [0.5, 0.6) is 0 Å². The predicted molar refractivity (Wildman–Crippen MR) is 118 cm³/mol. The molecule has 2 fully saturated rings. The molecule has 2 aromatic rings. The van der Waals surface area contributed by atoms with Gasteiger partial charge in [-0.2, -0.15) is 0 Å². The molecule has 3 amide bonds. The van der Waals surface area contributed by atoms with E-state index in [0.717, 1.165) is 31.2 Å². The van der Waals surface area contributed by atoms with Crippen LogP contribution in [-0.2, 0) is 11.3 Å². The second-order valence-corrected chi connectivity index (χ2v) is 8.56. The highest BCUT2D eigenvalue weighted by atomic mass is 19.1. The summed E-state index contributed by atoms with van der Waals surface area (Å²) in [7, 11) is 0. The van der Waals surface area contributed by atoms with Crippen molar-refractivity contribution in [1.82, 2.24) is 15.5 Å². The van der Waals surface area contributed by atoms with Crippen molar-refractivity contribution < 1.29 is 18.8 Å². The number of nitrogens with zero attached hydrogens (tertiary/aromatic N) is 1. The first kappa shape index (κ1) is 22.0. The number of benzene rings is 2. The summed E-state index contributed by atoms with van der Waals surface area (Å²) in [5, 5.41) is 5.75. The molecule has 6 nitrogen and oxygen atoms in total. The molecular weight excluding hydrogens is 409 g/mol. The highest BCUT2D eigenvalue weighted by Gasteiger charge is 2.32. The van der Waals surface area contributed by atoms with Gasteiger partial charge in [-0.05, 0) is 74.1 Å². The van der Waals surface area contributed by atoms with Crippen molar-refractivity contribution in [3.8, 4) is 0 Å². The molecule has 0 bridgehead atoms. The van der Waals surface area contributed by atoms with E-state index in [9.17, 15) is 18.8 Å². The van der Waals surface area contributed by atoms with Gasteiger partial charge in [-0.25, -0.2) is 4.39 Å². The van der Waals surface area contributed by atoms with E-state index in [1.165, 1.54) is 24.3 Å². The molecule has 2 aliphatic carbocycles. The van der Waals surface area contributed by atoms with E-state index in [1.54, 1.807) is 0 Å². The molecule has 0 aromatic heterocycles. The summed E-state index contributed by atoms with van der Waals surface area (Å²) in [5.41, 5.74) is 2.03. The molecule has 7 heteroatoms. The van der Waals surface area contributed by atoms with E-state index in [2.05, 4.69) is 10.6 Å². The largest absolute Gasteiger partial charge is 0.352 e. The molecule has 4 rings (SSSR count). The Morgan fingerprint density at radius 3 is 2.12 bits per heavy atom. The molecular formula is C25H28FN3O3. The fourth-order valence-electron chi connectivity index (χ4n) is 3.55. The Kier molecular flexibility index (Phi) is 6.83. The Morgan fingerprint density at radius 1 is 0.875 bits per heavy atom. The first-order valence-electron chi connectivity index (χ1n) is 11.2. The Hall–Kier alpha value is -3.22. The van der Waals surface area contributed by atoms with Crippen LogP contribution in [0.4, 0.5) is 4.39 Å². The van der Waals surface area contributed by atoms with Gasteiger partial charge in [0.1, 0.15) is 5.82 Å². The Bertz CT molecular complexity index is 967. The third-order valence-electron chi connectivity index (χ3n) is 5.75. The molecule has 0 aliphatic heterocycles. The van der Waals surface area contributed by atoms with Crippen LogP contribution in [0.2, 0.25) is 0 Å². The summed E-state index contributed by atoms with van der Waals surface area (Å²) >= 11 is 0. The van der Waals surface area contributed by atoms with Crippen LogP contribution in [0.3, 0.4) is 0 Å². The number of hydrogen-bond donors (Lipinski definition) is 2. The molecule has 168 valence electrons. The molecule has 0 radical (unpaired) electrons. The van der Waals surface area contributed by atoms with Gasteiger partial charge in [-0.3, -0.25) is 14.4 Å². The predicted octanol–water partition coefficient (Wildman–Crippen LogP) is 3.42. The topological polar surface area (TPSA) is 78.5 Å². The maximum atomic E-state index is 13.0. The van der Waals surface area contributed by atoms with Crippen LogP contribution < -0.4 is 10.6 Å². The summed E-state index contributed by atoms with van der Waals surface area (Å²) in [6.07, 6.45) is 5.01. The molecule has 0 atom stereocenters. The highest BCUT2D eigenvalue weighted by molar-refractivity contribution is 5.94. The van der Waals surface area contributed by atoms with Crippen LogP contribution in [-0.4, -0.2) is 41.2 Å². The number of amides is 3. The van der Waals surface area contributed by atoms with Gasteiger partial charge >= 0.3 is 0 Å². The number of rotatable bonds is 10. The molecule has 2 saturated carbocycles. The zero-order chi connectivity index (χ0) is 22.5. The average Bonchev–Trinajstić information content (AvgIpc) is 3.71. The van der Waals surface area contributed by atoms with Crippen LogP contribution in [0.25, 0.3) is 0 Å². The van der Waals surface area contributed by atoms with Crippen molar-refractivity contribution in [2.45, 2.75) is 57.2 Å². The van der Waals surface area contributed by atoms with Crippen LogP contribution in [0.1, 0.15) is 64.8 Å². The first-order chi connectivity index (χ1) is 15.5. The zero-order valence-corrected chi connectivity index (χ0v) is 18.0. The van der Waals surface area contributed by atoms with Crippen LogP contribution in [0, 0.1) is 5.82 Å². The molecule has 0 spiro atoms. The second kappa shape index (κ2) is 9.94. The van der Waals surface area contributed by atoms with E-state index in [1.807, 2.05) is 29.2 Å². The van der Waals surface area contributed by atoms with E-state index >= 15 is 0 Å². The van der Waals surface area contributed by atoms with Gasteiger partial charge in [-0.1, -0.05) is 12.1 Å². The smallest absolute Gasteiger partial charge is 0.251 e. The molecule has 32 heavy (non-hydrogen) atoms. The van der Waals surface area contributed by atoms with Gasteiger partial charge < -0.3 is 15.5 Å². The third kappa shape index (κ3) is 6.15. The van der Waals surface area contributed by atoms with Crippen molar-refractivity contribution in [2.24, 2.45) is 0 Å². The Labute approximate surface area is 187 Å². The highest BCUT2D eigenvalue weighted by Crippen LogP contribution is 2.29. The monoisotopic (exact) mass is 437 g/mol. The summed E-state index contributed by atoms with van der Waals surface area (Å²) in [6.45, 7) is 0.904. The Morgan fingerprint density at radius 2 is 1.50 bits per heavy atom. The molecule has 0 unspecified atom stereocenters. The van der Waals surface area contributed by atoms with Crippen LogP contribution >= 0.6 is 0 Å². The minimum atomic E-state index is -0.386. The van der Waals surface area contributed by atoms with Crippen molar-refractivity contribution >= 4 is 17.7 Å². The van der Waals surface area contributed by atoms with Crippen molar-refractivity contribution in [1.29, 1.82) is 0 Å². The van der Waals surface area contributed by atoms with Crippen molar-refractivity contribution in [3.05, 3.63) is 71.0 Å².